The Balaban J connectivity index is 1.30. The van der Waals surface area contributed by atoms with E-state index in [-0.39, 0.29) is 12.2 Å². The average molecular weight is 437 g/mol. The lowest BCUT2D eigenvalue weighted by atomic mass is 10.2. The molecule has 0 bridgehead atoms. The van der Waals surface area contributed by atoms with Gasteiger partial charge in [-0.1, -0.05) is 35.9 Å². The number of hydrogen-bond donors (Lipinski definition) is 1. The molecule has 1 aliphatic rings. The number of benzene rings is 3. The van der Waals surface area contributed by atoms with Crippen molar-refractivity contribution in [1.29, 1.82) is 0 Å². The minimum atomic E-state index is -0.793. The molecule has 7 nitrogen and oxygen atoms in total. The highest BCUT2D eigenvalue weighted by atomic mass is 35.5. The van der Waals surface area contributed by atoms with E-state index >= 15 is 0 Å². The zero-order valence-electron chi connectivity index (χ0n) is 16.2. The van der Waals surface area contributed by atoms with Gasteiger partial charge in [-0.2, -0.15) is 5.10 Å². The summed E-state index contributed by atoms with van der Waals surface area (Å²) in [6.07, 6.45) is 0.675. The second kappa shape index (κ2) is 9.32. The number of carbonyl (C=O) groups excluding carboxylic acids is 2. The van der Waals surface area contributed by atoms with Gasteiger partial charge in [-0.25, -0.2) is 10.2 Å². The van der Waals surface area contributed by atoms with Gasteiger partial charge in [0.25, 0.3) is 5.91 Å². The topological polar surface area (TPSA) is 86.2 Å². The summed E-state index contributed by atoms with van der Waals surface area (Å²) in [6, 6.07) is 20.4. The summed E-state index contributed by atoms with van der Waals surface area (Å²) >= 11 is 6.00. The second-order valence-corrected chi connectivity index (χ2v) is 6.94. The fourth-order valence-electron chi connectivity index (χ4n) is 2.80. The van der Waals surface area contributed by atoms with E-state index in [1.54, 1.807) is 66.7 Å². The Morgan fingerprint density at radius 2 is 1.71 bits per heavy atom. The number of para-hydroxylation sites is 2. The van der Waals surface area contributed by atoms with Gasteiger partial charge in [-0.05, 0) is 54.1 Å². The van der Waals surface area contributed by atoms with Crippen LogP contribution in [0.2, 0.25) is 5.02 Å². The van der Waals surface area contributed by atoms with E-state index in [1.165, 1.54) is 6.21 Å². The minimum Gasteiger partial charge on any atom is -0.485 e. The summed E-state index contributed by atoms with van der Waals surface area (Å²) < 4.78 is 16.5. The fourth-order valence-corrected chi connectivity index (χ4v) is 3.01. The number of rotatable bonds is 5. The van der Waals surface area contributed by atoms with Crippen LogP contribution in [0.15, 0.2) is 77.9 Å². The molecule has 0 radical (unpaired) electrons. The van der Waals surface area contributed by atoms with Gasteiger partial charge < -0.3 is 14.2 Å². The van der Waals surface area contributed by atoms with Crippen LogP contribution in [-0.4, -0.2) is 30.8 Å². The second-order valence-electron chi connectivity index (χ2n) is 6.54. The highest BCUT2D eigenvalue weighted by molar-refractivity contribution is 6.33. The molecule has 0 fully saturated rings. The first-order valence-electron chi connectivity index (χ1n) is 9.38. The third kappa shape index (κ3) is 5.02. The van der Waals surface area contributed by atoms with Crippen molar-refractivity contribution in [2.45, 2.75) is 6.10 Å². The van der Waals surface area contributed by atoms with Crippen molar-refractivity contribution in [2.24, 2.45) is 5.10 Å². The van der Waals surface area contributed by atoms with Gasteiger partial charge in [0.15, 0.2) is 11.5 Å². The Labute approximate surface area is 183 Å². The van der Waals surface area contributed by atoms with Gasteiger partial charge in [-0.15, -0.1) is 0 Å². The van der Waals surface area contributed by atoms with Crippen LogP contribution in [0.4, 0.5) is 0 Å². The van der Waals surface area contributed by atoms with E-state index in [0.29, 0.717) is 27.8 Å². The average Bonchev–Trinajstić information content (AvgIpc) is 2.80. The summed E-state index contributed by atoms with van der Waals surface area (Å²) in [7, 11) is 0. The summed E-state index contributed by atoms with van der Waals surface area (Å²) in [4.78, 5) is 24.4. The SMILES string of the molecule is O=C(Oc1ccc(C=NNC(=O)[C@H]2COc3ccccc3O2)cc1)c1ccccc1Cl. The summed E-state index contributed by atoms with van der Waals surface area (Å²) in [6.45, 7) is 0.101. The zero-order valence-corrected chi connectivity index (χ0v) is 16.9. The summed E-state index contributed by atoms with van der Waals surface area (Å²) in [5.74, 6) is 0.509. The maximum Gasteiger partial charge on any atom is 0.345 e. The van der Waals surface area contributed by atoms with Crippen molar-refractivity contribution in [3.63, 3.8) is 0 Å². The zero-order chi connectivity index (χ0) is 21.6. The Hall–Kier alpha value is -3.84. The van der Waals surface area contributed by atoms with Crippen molar-refractivity contribution in [1.82, 2.24) is 5.43 Å². The van der Waals surface area contributed by atoms with Crippen LogP contribution in [0, 0.1) is 0 Å². The Kier molecular flexibility index (Phi) is 6.14. The molecule has 0 aliphatic carbocycles. The summed E-state index contributed by atoms with van der Waals surface area (Å²) in [5.41, 5.74) is 3.42. The molecule has 4 rings (SSSR count). The third-order valence-corrected chi connectivity index (χ3v) is 4.70. The normalized spacial score (nSPS) is 14.8. The molecule has 3 aromatic carbocycles. The van der Waals surface area contributed by atoms with Crippen LogP contribution in [0.3, 0.4) is 0 Å². The van der Waals surface area contributed by atoms with Crippen LogP contribution in [0.5, 0.6) is 17.2 Å². The maximum absolute atomic E-state index is 12.2. The quantitative estimate of drug-likeness (QED) is 0.284. The molecule has 0 saturated heterocycles. The van der Waals surface area contributed by atoms with Gasteiger partial charge >= 0.3 is 5.97 Å². The van der Waals surface area contributed by atoms with E-state index in [0.717, 1.165) is 0 Å². The van der Waals surface area contributed by atoms with Crippen molar-refractivity contribution in [2.75, 3.05) is 6.61 Å². The molecule has 0 saturated carbocycles. The highest BCUT2D eigenvalue weighted by Gasteiger charge is 2.26. The van der Waals surface area contributed by atoms with Crippen LogP contribution in [0.1, 0.15) is 15.9 Å². The van der Waals surface area contributed by atoms with E-state index in [1.807, 2.05) is 6.07 Å². The molecule has 0 aromatic heterocycles. The number of amides is 1. The van der Waals surface area contributed by atoms with Gasteiger partial charge in [0, 0.05) is 0 Å². The lowest BCUT2D eigenvalue weighted by Crippen LogP contribution is -2.42. The molecular formula is C23H17ClN2O5. The number of hydrogen-bond acceptors (Lipinski definition) is 6. The van der Waals surface area contributed by atoms with E-state index in [4.69, 9.17) is 25.8 Å². The first-order chi connectivity index (χ1) is 15.1. The Morgan fingerprint density at radius 3 is 2.48 bits per heavy atom. The predicted octanol–water partition coefficient (Wildman–Crippen LogP) is 3.85. The van der Waals surface area contributed by atoms with Gasteiger partial charge in [-0.3, -0.25) is 4.79 Å². The molecule has 1 atom stereocenters. The number of esters is 1. The number of hydrazone groups is 1. The molecule has 1 amide bonds. The van der Waals surface area contributed by atoms with E-state index in [2.05, 4.69) is 10.5 Å². The van der Waals surface area contributed by atoms with Crippen molar-refractivity contribution >= 4 is 29.7 Å². The molecular weight excluding hydrogens is 420 g/mol. The number of halogens is 1. The lowest BCUT2D eigenvalue weighted by molar-refractivity contribution is -0.130. The van der Waals surface area contributed by atoms with E-state index < -0.39 is 18.0 Å². The Morgan fingerprint density at radius 1 is 1.00 bits per heavy atom. The monoisotopic (exact) mass is 436 g/mol. The summed E-state index contributed by atoms with van der Waals surface area (Å²) in [5, 5.41) is 4.26. The molecule has 1 N–H and O–H groups in total. The molecule has 31 heavy (non-hydrogen) atoms. The minimum absolute atomic E-state index is 0.101. The number of ether oxygens (including phenoxy) is 3. The molecule has 0 unspecified atom stereocenters. The predicted molar refractivity (Wildman–Crippen MR) is 115 cm³/mol. The standard InChI is InChI=1S/C23H17ClN2O5/c24-18-6-2-1-5-17(18)23(28)30-16-11-9-15(10-12-16)13-25-26-22(27)21-14-29-19-7-3-4-8-20(19)31-21/h1-13,21H,14H2,(H,26,27)/t21-/m1/s1. The molecule has 1 aliphatic heterocycles. The maximum atomic E-state index is 12.2. The van der Waals surface area contributed by atoms with Crippen LogP contribution < -0.4 is 19.6 Å². The smallest absolute Gasteiger partial charge is 0.345 e. The first kappa shape index (κ1) is 20.4. The van der Waals surface area contributed by atoms with Gasteiger partial charge in [0.05, 0.1) is 16.8 Å². The van der Waals surface area contributed by atoms with Crippen molar-refractivity contribution in [3.8, 4) is 17.2 Å². The van der Waals surface area contributed by atoms with Crippen LogP contribution in [0.25, 0.3) is 0 Å². The van der Waals surface area contributed by atoms with Crippen LogP contribution >= 0.6 is 11.6 Å². The molecule has 3 aromatic rings. The first-order valence-corrected chi connectivity index (χ1v) is 9.76. The van der Waals surface area contributed by atoms with Gasteiger partial charge in [0.1, 0.15) is 12.4 Å². The molecule has 156 valence electrons. The van der Waals surface area contributed by atoms with Gasteiger partial charge in [0.2, 0.25) is 6.10 Å². The van der Waals surface area contributed by atoms with Crippen molar-refractivity contribution < 1.29 is 23.8 Å². The number of fused-ring (bicyclic) bond motifs is 1. The fraction of sp³-hybridized carbons (Fsp3) is 0.0870. The largest absolute Gasteiger partial charge is 0.485 e. The molecule has 0 spiro atoms. The van der Waals surface area contributed by atoms with Crippen LogP contribution in [-0.2, 0) is 4.79 Å². The van der Waals surface area contributed by atoms with E-state index in [9.17, 15) is 9.59 Å². The molecule has 1 heterocycles. The number of nitrogens with zero attached hydrogens (tertiary/aromatic N) is 1. The number of nitrogens with one attached hydrogen (secondary N) is 1. The Bertz CT molecular complexity index is 1130. The van der Waals surface area contributed by atoms with Crippen molar-refractivity contribution in [3.05, 3.63) is 88.9 Å². The highest BCUT2D eigenvalue weighted by Crippen LogP contribution is 2.30. The third-order valence-electron chi connectivity index (χ3n) is 4.37. The number of carbonyl (C=O) groups is 2. The molecule has 8 heteroatoms. The lowest BCUT2D eigenvalue weighted by Gasteiger charge is -2.24.